The lowest BCUT2D eigenvalue weighted by Gasteiger charge is -2.13. The number of furan rings is 2. The number of fused-ring (bicyclic) bond motifs is 10. The van der Waals surface area contributed by atoms with Crippen molar-refractivity contribution in [1.29, 1.82) is 0 Å². The minimum absolute atomic E-state index is 0.531. The molecule has 0 saturated carbocycles. The summed E-state index contributed by atoms with van der Waals surface area (Å²) < 4.78 is 15.5. The molecule has 12 rings (SSSR count). The quantitative estimate of drug-likeness (QED) is 0.182. The molecule has 0 unspecified atom stereocenters. The predicted octanol–water partition coefficient (Wildman–Crippen LogP) is 12.9. The van der Waals surface area contributed by atoms with Crippen LogP contribution in [0.1, 0.15) is 0 Å². The number of hydrogen-bond acceptors (Lipinski definition) is 5. The van der Waals surface area contributed by atoms with Crippen molar-refractivity contribution in [3.05, 3.63) is 170 Å². The standard InChI is InChI=1S/C49H28N4O2/c1-2-13-29(14-3-1)47-50-48(37-21-12-20-35-34-18-7-10-23-42(34)55-46(35)37)52-49(51-47)39-27-32(28-44-45(39)36-19-8-11-24-43(36)54-44)53-40-22-9-6-17-33(40)38-25-30-15-4-5-16-31(30)26-41(38)53/h1-28H. The highest BCUT2D eigenvalue weighted by Crippen LogP contribution is 2.42. The number of nitrogens with zero attached hydrogens (tertiary/aromatic N) is 4. The van der Waals surface area contributed by atoms with Crippen molar-refractivity contribution in [2.75, 3.05) is 0 Å². The molecule has 6 heteroatoms. The highest BCUT2D eigenvalue weighted by atomic mass is 16.3. The molecular formula is C49H28N4O2. The Hall–Kier alpha value is -7.57. The van der Waals surface area contributed by atoms with Gasteiger partial charge in [-0.05, 0) is 53.2 Å². The van der Waals surface area contributed by atoms with Gasteiger partial charge in [0, 0.05) is 49.5 Å². The molecular weight excluding hydrogens is 677 g/mol. The molecule has 12 aromatic rings. The summed E-state index contributed by atoms with van der Waals surface area (Å²) in [5.41, 5.74) is 8.82. The maximum atomic E-state index is 6.67. The van der Waals surface area contributed by atoms with Gasteiger partial charge in [0.1, 0.15) is 22.3 Å². The topological polar surface area (TPSA) is 69.9 Å². The van der Waals surface area contributed by atoms with Gasteiger partial charge in [0.2, 0.25) is 0 Å². The predicted molar refractivity (Wildman–Crippen MR) is 223 cm³/mol. The minimum atomic E-state index is 0.531. The Kier molecular flexibility index (Phi) is 6.24. The van der Waals surface area contributed by atoms with E-state index in [1.165, 1.54) is 21.5 Å². The van der Waals surface area contributed by atoms with E-state index in [0.717, 1.165) is 77.3 Å². The van der Waals surface area contributed by atoms with E-state index in [1.807, 2.05) is 78.9 Å². The molecule has 0 radical (unpaired) electrons. The molecule has 0 spiro atoms. The van der Waals surface area contributed by atoms with Gasteiger partial charge in [0.25, 0.3) is 0 Å². The first-order valence-corrected chi connectivity index (χ1v) is 18.4. The van der Waals surface area contributed by atoms with Crippen molar-refractivity contribution in [3.8, 4) is 39.9 Å². The van der Waals surface area contributed by atoms with Gasteiger partial charge in [0.05, 0.1) is 22.3 Å². The van der Waals surface area contributed by atoms with Crippen molar-refractivity contribution in [2.24, 2.45) is 0 Å². The minimum Gasteiger partial charge on any atom is -0.456 e. The molecule has 4 heterocycles. The largest absolute Gasteiger partial charge is 0.456 e. The Labute approximate surface area is 313 Å². The van der Waals surface area contributed by atoms with E-state index in [4.69, 9.17) is 23.8 Å². The molecule has 6 nitrogen and oxygen atoms in total. The third kappa shape index (κ3) is 4.52. The highest BCUT2D eigenvalue weighted by molar-refractivity contribution is 6.16. The lowest BCUT2D eigenvalue weighted by Crippen LogP contribution is -2.02. The molecule has 4 aromatic heterocycles. The van der Waals surface area contributed by atoms with E-state index in [2.05, 4.69) is 95.6 Å². The SMILES string of the molecule is c1ccc(-c2nc(-c3cccc4c3oc3ccccc34)nc(-c3cc(-n4c5ccccc5c5cc6ccccc6cc54)cc4oc5ccccc5c34)n2)cc1. The second kappa shape index (κ2) is 11.5. The van der Waals surface area contributed by atoms with Crippen LogP contribution in [0, 0.1) is 0 Å². The second-order valence-corrected chi connectivity index (χ2v) is 14.0. The Bertz CT molecular complexity index is 3500. The Morgan fingerprint density at radius 2 is 1.02 bits per heavy atom. The summed E-state index contributed by atoms with van der Waals surface area (Å²) in [6.45, 7) is 0. The molecule has 0 bridgehead atoms. The Morgan fingerprint density at radius 3 is 1.85 bits per heavy atom. The molecule has 0 aliphatic carbocycles. The van der Waals surface area contributed by atoms with E-state index < -0.39 is 0 Å². The van der Waals surface area contributed by atoms with Gasteiger partial charge in [-0.3, -0.25) is 0 Å². The highest BCUT2D eigenvalue weighted by Gasteiger charge is 2.23. The van der Waals surface area contributed by atoms with Crippen LogP contribution in [-0.2, 0) is 0 Å². The van der Waals surface area contributed by atoms with Crippen LogP contribution in [0.3, 0.4) is 0 Å². The Balaban J connectivity index is 1.19. The van der Waals surface area contributed by atoms with Crippen molar-refractivity contribution in [1.82, 2.24) is 19.5 Å². The monoisotopic (exact) mass is 704 g/mol. The number of hydrogen-bond donors (Lipinski definition) is 0. The first-order chi connectivity index (χ1) is 27.2. The summed E-state index contributed by atoms with van der Waals surface area (Å²) in [5.74, 6) is 1.65. The summed E-state index contributed by atoms with van der Waals surface area (Å²) in [5, 5.41) is 8.76. The third-order valence-corrected chi connectivity index (χ3v) is 10.8. The van der Waals surface area contributed by atoms with Crippen LogP contribution < -0.4 is 0 Å². The van der Waals surface area contributed by atoms with Gasteiger partial charge in [-0.15, -0.1) is 0 Å². The van der Waals surface area contributed by atoms with Crippen molar-refractivity contribution in [2.45, 2.75) is 0 Å². The molecule has 8 aromatic carbocycles. The smallest absolute Gasteiger partial charge is 0.167 e. The lowest BCUT2D eigenvalue weighted by atomic mass is 10.0. The van der Waals surface area contributed by atoms with Gasteiger partial charge in [-0.1, -0.05) is 121 Å². The number of aromatic nitrogens is 4. The zero-order valence-corrected chi connectivity index (χ0v) is 29.3. The first-order valence-electron chi connectivity index (χ1n) is 18.4. The molecule has 256 valence electrons. The fourth-order valence-corrected chi connectivity index (χ4v) is 8.34. The van der Waals surface area contributed by atoms with Crippen LogP contribution in [-0.4, -0.2) is 19.5 Å². The summed E-state index contributed by atoms with van der Waals surface area (Å²) in [4.78, 5) is 15.7. The fraction of sp³-hybridized carbons (Fsp3) is 0. The van der Waals surface area contributed by atoms with Gasteiger partial charge in [-0.2, -0.15) is 0 Å². The molecule has 0 saturated heterocycles. The third-order valence-electron chi connectivity index (χ3n) is 10.8. The van der Waals surface area contributed by atoms with E-state index in [1.54, 1.807) is 0 Å². The molecule has 55 heavy (non-hydrogen) atoms. The normalized spacial score (nSPS) is 12.0. The number of benzene rings is 8. The van der Waals surface area contributed by atoms with Crippen molar-refractivity contribution in [3.63, 3.8) is 0 Å². The first kappa shape index (κ1) is 29.9. The maximum Gasteiger partial charge on any atom is 0.167 e. The average molecular weight is 705 g/mol. The zero-order valence-electron chi connectivity index (χ0n) is 29.3. The van der Waals surface area contributed by atoms with Crippen LogP contribution >= 0.6 is 0 Å². The van der Waals surface area contributed by atoms with Crippen LogP contribution in [0.15, 0.2) is 179 Å². The number of para-hydroxylation sites is 4. The van der Waals surface area contributed by atoms with E-state index in [9.17, 15) is 0 Å². The zero-order chi connectivity index (χ0) is 36.0. The van der Waals surface area contributed by atoms with Crippen LogP contribution in [0.5, 0.6) is 0 Å². The van der Waals surface area contributed by atoms with Crippen molar-refractivity contribution >= 4 is 76.5 Å². The van der Waals surface area contributed by atoms with E-state index in [-0.39, 0.29) is 0 Å². The van der Waals surface area contributed by atoms with Gasteiger partial charge in [0.15, 0.2) is 17.5 Å². The van der Waals surface area contributed by atoms with Crippen LogP contribution in [0.2, 0.25) is 0 Å². The lowest BCUT2D eigenvalue weighted by molar-refractivity contribution is 0.668. The van der Waals surface area contributed by atoms with E-state index >= 15 is 0 Å². The molecule has 0 atom stereocenters. The summed E-state index contributed by atoms with van der Waals surface area (Å²) in [6.07, 6.45) is 0. The van der Waals surface area contributed by atoms with Crippen molar-refractivity contribution < 1.29 is 8.83 Å². The van der Waals surface area contributed by atoms with Gasteiger partial charge >= 0.3 is 0 Å². The Morgan fingerprint density at radius 1 is 0.382 bits per heavy atom. The summed E-state index contributed by atoms with van der Waals surface area (Å²) in [6, 6.07) is 58.6. The van der Waals surface area contributed by atoms with Crippen LogP contribution in [0.4, 0.5) is 0 Å². The van der Waals surface area contributed by atoms with Crippen LogP contribution in [0.25, 0.3) is 116 Å². The molecule has 0 N–H and O–H groups in total. The van der Waals surface area contributed by atoms with Gasteiger partial charge in [-0.25, -0.2) is 15.0 Å². The summed E-state index contributed by atoms with van der Waals surface area (Å²) >= 11 is 0. The number of rotatable bonds is 4. The molecule has 0 aliphatic rings. The molecule has 0 amide bonds. The fourth-order valence-electron chi connectivity index (χ4n) is 8.34. The molecule has 0 fully saturated rings. The van der Waals surface area contributed by atoms with Gasteiger partial charge < -0.3 is 13.4 Å². The average Bonchev–Trinajstić information content (AvgIpc) is 3.92. The maximum absolute atomic E-state index is 6.67. The van der Waals surface area contributed by atoms with E-state index in [0.29, 0.717) is 17.5 Å². The second-order valence-electron chi connectivity index (χ2n) is 14.0. The summed E-state index contributed by atoms with van der Waals surface area (Å²) in [7, 11) is 0. The molecule has 0 aliphatic heterocycles.